The fraction of sp³-hybridized carbons (Fsp3) is 0.886. The van der Waals surface area contributed by atoms with Crippen molar-refractivity contribution >= 4 is 11.9 Å². The van der Waals surface area contributed by atoms with Gasteiger partial charge in [0.15, 0.2) is 0 Å². The number of rotatable bonds is 81. The standard InChI is InChI=1S/C88H167NO5/c1-3-5-7-9-11-13-15-17-19-21-23-24-42-45-48-52-56-60-64-68-72-76-80-86(91)85(84-90)89-87(92)81-77-73-69-65-61-57-53-49-46-43-40-38-36-34-32-30-28-26-25-27-29-31-33-35-37-39-41-44-47-51-55-59-63-67-71-75-79-83-94-88(93)82-78-74-70-66-62-58-54-50-22-20-18-16-14-12-10-8-6-4-2/h14,16,20,22,25,27,31,33,85-86,90-91H,3-13,15,17-19,21,23-24,26,28-30,32,34-84H2,1-2H3,(H,89,92)/b16-14-,22-20-,27-25-,33-31-. The van der Waals surface area contributed by atoms with Crippen molar-refractivity contribution in [2.75, 3.05) is 13.2 Å². The fourth-order valence-electron chi connectivity index (χ4n) is 13.6. The summed E-state index contributed by atoms with van der Waals surface area (Å²) in [5.74, 6) is -0.0149. The number of allylic oxidation sites excluding steroid dienone is 8. The summed E-state index contributed by atoms with van der Waals surface area (Å²) in [4.78, 5) is 24.7. The van der Waals surface area contributed by atoms with Crippen LogP contribution in [0.5, 0.6) is 0 Å². The van der Waals surface area contributed by atoms with Crippen molar-refractivity contribution in [3.8, 4) is 0 Å². The van der Waals surface area contributed by atoms with Crippen molar-refractivity contribution in [3.63, 3.8) is 0 Å². The van der Waals surface area contributed by atoms with Crippen LogP contribution in [0.3, 0.4) is 0 Å². The summed E-state index contributed by atoms with van der Waals surface area (Å²) in [5.41, 5.74) is 0. The van der Waals surface area contributed by atoms with E-state index in [0.717, 1.165) is 57.8 Å². The third kappa shape index (κ3) is 78.8. The molecule has 2 atom stereocenters. The van der Waals surface area contributed by atoms with E-state index in [1.54, 1.807) is 0 Å². The lowest BCUT2D eigenvalue weighted by Gasteiger charge is -2.22. The largest absolute Gasteiger partial charge is 0.466 e. The molecule has 0 saturated carbocycles. The van der Waals surface area contributed by atoms with Gasteiger partial charge in [0.2, 0.25) is 5.91 Å². The van der Waals surface area contributed by atoms with E-state index < -0.39 is 12.1 Å². The van der Waals surface area contributed by atoms with Gasteiger partial charge in [-0.25, -0.2) is 0 Å². The van der Waals surface area contributed by atoms with E-state index in [0.29, 0.717) is 25.9 Å². The van der Waals surface area contributed by atoms with Gasteiger partial charge in [0, 0.05) is 12.8 Å². The summed E-state index contributed by atoms with van der Waals surface area (Å²) in [5, 5.41) is 23.5. The SMILES string of the molecule is CCCCCC/C=C\C/C=C\CCCCCCCCCC(=O)OCCCCCCCCCCCCCCC/C=C\C/C=C\CCCCCCCCCCCCCCCCCCCC(=O)NC(CO)C(O)CCCCCCCCCCCCCCCCCCCCCCCC. The van der Waals surface area contributed by atoms with Crippen LogP contribution in [0.15, 0.2) is 48.6 Å². The van der Waals surface area contributed by atoms with Crippen molar-refractivity contribution in [2.24, 2.45) is 0 Å². The molecular formula is C88H167NO5. The zero-order chi connectivity index (χ0) is 67.7. The number of hydrogen-bond acceptors (Lipinski definition) is 5. The Morgan fingerprint density at radius 2 is 0.532 bits per heavy atom. The monoisotopic (exact) mass is 1320 g/mol. The molecule has 1 amide bonds. The maximum atomic E-state index is 12.6. The summed E-state index contributed by atoms with van der Waals surface area (Å²) in [6, 6.07) is -0.541. The molecule has 3 N–H and O–H groups in total. The van der Waals surface area contributed by atoms with Gasteiger partial charge < -0.3 is 20.3 Å². The highest BCUT2D eigenvalue weighted by Gasteiger charge is 2.20. The molecule has 0 radical (unpaired) electrons. The predicted octanol–water partition coefficient (Wildman–Crippen LogP) is 28.7. The average molecular weight is 1320 g/mol. The van der Waals surface area contributed by atoms with Gasteiger partial charge in [-0.1, -0.05) is 422 Å². The summed E-state index contributed by atoms with van der Waals surface area (Å²) in [6.45, 7) is 4.98. The van der Waals surface area contributed by atoms with Gasteiger partial charge in [-0.05, 0) is 89.9 Å². The molecule has 0 bridgehead atoms. The fourth-order valence-corrected chi connectivity index (χ4v) is 13.6. The molecule has 2 unspecified atom stereocenters. The molecule has 0 spiro atoms. The number of hydrogen-bond donors (Lipinski definition) is 3. The lowest BCUT2D eigenvalue weighted by Crippen LogP contribution is -2.45. The van der Waals surface area contributed by atoms with Gasteiger partial charge in [0.25, 0.3) is 0 Å². The van der Waals surface area contributed by atoms with E-state index in [1.165, 1.54) is 385 Å². The second kappa shape index (κ2) is 83.2. The Kier molecular flexibility index (Phi) is 81.3. The van der Waals surface area contributed by atoms with Gasteiger partial charge in [0.05, 0.1) is 25.4 Å². The van der Waals surface area contributed by atoms with Crippen LogP contribution in [0.4, 0.5) is 0 Å². The minimum absolute atomic E-state index is 0.0121. The minimum Gasteiger partial charge on any atom is -0.466 e. The number of ether oxygens (including phenoxy) is 1. The molecule has 0 aliphatic carbocycles. The average Bonchev–Trinajstić information content (AvgIpc) is 3.65. The zero-order valence-electron chi connectivity index (χ0n) is 63.7. The van der Waals surface area contributed by atoms with Crippen molar-refractivity contribution in [1.29, 1.82) is 0 Å². The predicted molar refractivity (Wildman–Crippen MR) is 416 cm³/mol. The Morgan fingerprint density at radius 1 is 0.298 bits per heavy atom. The number of esters is 1. The van der Waals surface area contributed by atoms with E-state index in [9.17, 15) is 19.8 Å². The number of aliphatic hydroxyl groups is 2. The molecule has 0 aromatic carbocycles. The molecule has 0 aliphatic heterocycles. The van der Waals surface area contributed by atoms with Crippen molar-refractivity contribution in [3.05, 3.63) is 48.6 Å². The van der Waals surface area contributed by atoms with E-state index in [2.05, 4.69) is 67.8 Å². The van der Waals surface area contributed by atoms with Crippen LogP contribution in [0, 0.1) is 0 Å². The summed E-state index contributed by atoms with van der Waals surface area (Å²) < 4.78 is 5.51. The molecule has 0 heterocycles. The Hall–Kier alpha value is -2.18. The minimum atomic E-state index is -0.664. The Balaban J connectivity index is 3.36. The van der Waals surface area contributed by atoms with Gasteiger partial charge >= 0.3 is 5.97 Å². The van der Waals surface area contributed by atoms with Crippen LogP contribution in [0.25, 0.3) is 0 Å². The summed E-state index contributed by atoms with van der Waals surface area (Å²) in [6.07, 6.45) is 111. The number of carbonyl (C=O) groups is 2. The van der Waals surface area contributed by atoms with Crippen LogP contribution < -0.4 is 5.32 Å². The first-order chi connectivity index (χ1) is 46.5. The molecule has 0 saturated heterocycles. The molecule has 554 valence electrons. The van der Waals surface area contributed by atoms with E-state index in [-0.39, 0.29) is 18.5 Å². The van der Waals surface area contributed by atoms with E-state index in [4.69, 9.17) is 4.74 Å². The summed E-state index contributed by atoms with van der Waals surface area (Å²) in [7, 11) is 0. The molecule has 0 aromatic rings. The molecule has 6 nitrogen and oxygen atoms in total. The highest BCUT2D eigenvalue weighted by molar-refractivity contribution is 5.76. The van der Waals surface area contributed by atoms with Gasteiger partial charge in [-0.15, -0.1) is 0 Å². The molecule has 0 aromatic heterocycles. The van der Waals surface area contributed by atoms with Crippen molar-refractivity contribution in [2.45, 2.75) is 488 Å². The number of nitrogens with one attached hydrogen (secondary N) is 1. The highest BCUT2D eigenvalue weighted by Crippen LogP contribution is 2.20. The van der Waals surface area contributed by atoms with Crippen LogP contribution in [-0.4, -0.2) is 47.4 Å². The molecule has 0 rings (SSSR count). The maximum absolute atomic E-state index is 12.6. The first-order valence-corrected chi connectivity index (χ1v) is 42.9. The Labute approximate surface area is 588 Å². The van der Waals surface area contributed by atoms with Crippen LogP contribution in [0.1, 0.15) is 476 Å². The van der Waals surface area contributed by atoms with Gasteiger partial charge in [-0.2, -0.15) is 0 Å². The second-order valence-corrected chi connectivity index (χ2v) is 29.5. The lowest BCUT2D eigenvalue weighted by atomic mass is 10.0. The third-order valence-electron chi connectivity index (χ3n) is 20.1. The third-order valence-corrected chi connectivity index (χ3v) is 20.1. The zero-order valence-corrected chi connectivity index (χ0v) is 63.7. The number of amides is 1. The van der Waals surface area contributed by atoms with Crippen LogP contribution in [-0.2, 0) is 14.3 Å². The van der Waals surface area contributed by atoms with Gasteiger partial charge in [0.1, 0.15) is 0 Å². The van der Waals surface area contributed by atoms with E-state index >= 15 is 0 Å². The van der Waals surface area contributed by atoms with Crippen molar-refractivity contribution in [1.82, 2.24) is 5.32 Å². The maximum Gasteiger partial charge on any atom is 0.305 e. The first kappa shape index (κ1) is 91.8. The van der Waals surface area contributed by atoms with Crippen LogP contribution >= 0.6 is 0 Å². The molecule has 6 heteroatoms. The van der Waals surface area contributed by atoms with Crippen molar-refractivity contribution < 1.29 is 24.5 Å². The smallest absolute Gasteiger partial charge is 0.305 e. The normalized spacial score (nSPS) is 12.7. The molecule has 0 fully saturated rings. The number of unbranched alkanes of at least 4 members (excludes halogenated alkanes) is 62. The highest BCUT2D eigenvalue weighted by atomic mass is 16.5. The second-order valence-electron chi connectivity index (χ2n) is 29.5. The lowest BCUT2D eigenvalue weighted by molar-refractivity contribution is -0.143. The molecule has 0 aliphatic rings. The molecule has 94 heavy (non-hydrogen) atoms. The topological polar surface area (TPSA) is 95.9 Å². The Morgan fingerprint density at radius 3 is 0.819 bits per heavy atom. The Bertz CT molecular complexity index is 1570. The molecular weight excluding hydrogens is 1150 g/mol. The van der Waals surface area contributed by atoms with Crippen LogP contribution in [0.2, 0.25) is 0 Å². The summed E-state index contributed by atoms with van der Waals surface area (Å²) >= 11 is 0. The first-order valence-electron chi connectivity index (χ1n) is 42.9. The van der Waals surface area contributed by atoms with E-state index in [1.807, 2.05) is 0 Å². The number of carbonyl (C=O) groups excluding carboxylic acids is 2. The number of aliphatic hydroxyl groups excluding tert-OH is 2. The quantitative estimate of drug-likeness (QED) is 0.0320. The van der Waals surface area contributed by atoms with Gasteiger partial charge in [-0.3, -0.25) is 9.59 Å².